The standard InChI is InChI=1S/C11H17NS/c1-3-4-8-13-11-7-5-6-10(12)9(11)2/h5-7H,3-4,8,12H2,1-2H3. The molecule has 1 aromatic carbocycles. The maximum absolute atomic E-state index is 5.81. The van der Waals surface area contributed by atoms with Crippen molar-refractivity contribution < 1.29 is 0 Å². The molecular weight excluding hydrogens is 178 g/mol. The van der Waals surface area contributed by atoms with Gasteiger partial charge in [-0.1, -0.05) is 19.4 Å². The minimum atomic E-state index is 0.904. The molecule has 0 radical (unpaired) electrons. The average molecular weight is 195 g/mol. The van der Waals surface area contributed by atoms with Gasteiger partial charge in [0.1, 0.15) is 0 Å². The van der Waals surface area contributed by atoms with E-state index in [2.05, 4.69) is 19.9 Å². The highest BCUT2D eigenvalue weighted by molar-refractivity contribution is 7.99. The molecule has 0 heterocycles. The minimum Gasteiger partial charge on any atom is -0.398 e. The van der Waals surface area contributed by atoms with E-state index in [0.29, 0.717) is 0 Å². The summed E-state index contributed by atoms with van der Waals surface area (Å²) >= 11 is 1.91. The average Bonchev–Trinajstić information content (AvgIpc) is 2.13. The van der Waals surface area contributed by atoms with Gasteiger partial charge in [0.05, 0.1) is 0 Å². The Balaban J connectivity index is 2.61. The van der Waals surface area contributed by atoms with Crippen LogP contribution >= 0.6 is 11.8 Å². The summed E-state index contributed by atoms with van der Waals surface area (Å²) in [5, 5.41) is 0. The van der Waals surface area contributed by atoms with Crippen molar-refractivity contribution in [2.24, 2.45) is 0 Å². The number of hydrogen-bond donors (Lipinski definition) is 1. The van der Waals surface area contributed by atoms with E-state index in [1.54, 1.807) is 0 Å². The predicted octanol–water partition coefficient (Wildman–Crippen LogP) is 3.47. The Labute approximate surface area is 84.7 Å². The molecule has 0 unspecified atom stereocenters. The van der Waals surface area contributed by atoms with Crippen LogP contribution in [0.2, 0.25) is 0 Å². The molecule has 0 bridgehead atoms. The quantitative estimate of drug-likeness (QED) is 0.452. The summed E-state index contributed by atoms with van der Waals surface area (Å²) in [6, 6.07) is 6.13. The van der Waals surface area contributed by atoms with Crippen LogP contribution in [-0.2, 0) is 0 Å². The smallest absolute Gasteiger partial charge is 0.0354 e. The molecular formula is C11H17NS. The summed E-state index contributed by atoms with van der Waals surface area (Å²) < 4.78 is 0. The van der Waals surface area contributed by atoms with E-state index in [4.69, 9.17) is 5.73 Å². The van der Waals surface area contributed by atoms with E-state index in [0.717, 1.165) is 5.69 Å². The number of nitrogens with two attached hydrogens (primary N) is 1. The van der Waals surface area contributed by atoms with Gasteiger partial charge >= 0.3 is 0 Å². The van der Waals surface area contributed by atoms with Crippen molar-refractivity contribution in [3.05, 3.63) is 23.8 Å². The molecule has 0 amide bonds. The Morgan fingerprint density at radius 2 is 2.15 bits per heavy atom. The Kier molecular flexibility index (Phi) is 4.16. The summed E-state index contributed by atoms with van der Waals surface area (Å²) in [7, 11) is 0. The number of anilines is 1. The lowest BCUT2D eigenvalue weighted by atomic mass is 10.2. The first-order valence-electron chi connectivity index (χ1n) is 4.73. The number of nitrogen functional groups attached to an aromatic ring is 1. The van der Waals surface area contributed by atoms with Gasteiger partial charge in [0, 0.05) is 10.6 Å². The second-order valence-corrected chi connectivity index (χ2v) is 4.31. The van der Waals surface area contributed by atoms with Crippen LogP contribution in [0.4, 0.5) is 5.69 Å². The summed E-state index contributed by atoms with van der Waals surface area (Å²) in [6.45, 7) is 4.30. The fourth-order valence-corrected chi connectivity index (χ4v) is 2.28. The first kappa shape index (κ1) is 10.5. The zero-order valence-corrected chi connectivity index (χ0v) is 9.16. The maximum Gasteiger partial charge on any atom is 0.0354 e. The molecule has 0 aliphatic heterocycles. The van der Waals surface area contributed by atoms with Gasteiger partial charge in [-0.2, -0.15) is 0 Å². The second kappa shape index (κ2) is 5.18. The number of unbranched alkanes of at least 4 members (excludes halogenated alkanes) is 1. The number of thioether (sulfide) groups is 1. The Hall–Kier alpha value is -0.630. The lowest BCUT2D eigenvalue weighted by molar-refractivity contribution is 0.896. The zero-order valence-electron chi connectivity index (χ0n) is 8.34. The summed E-state index contributed by atoms with van der Waals surface area (Å²) in [5.74, 6) is 1.20. The van der Waals surface area contributed by atoms with Crippen molar-refractivity contribution in [3.8, 4) is 0 Å². The van der Waals surface area contributed by atoms with Crippen molar-refractivity contribution in [2.75, 3.05) is 11.5 Å². The molecule has 0 saturated carbocycles. The third-order valence-corrected chi connectivity index (χ3v) is 3.33. The molecule has 1 aromatic rings. The van der Waals surface area contributed by atoms with Gasteiger partial charge in [-0.25, -0.2) is 0 Å². The largest absolute Gasteiger partial charge is 0.398 e. The molecule has 0 aromatic heterocycles. The SMILES string of the molecule is CCCCSc1cccc(N)c1C. The molecule has 0 fully saturated rings. The lowest BCUT2D eigenvalue weighted by Gasteiger charge is -2.06. The van der Waals surface area contributed by atoms with E-state index in [9.17, 15) is 0 Å². The highest BCUT2D eigenvalue weighted by Gasteiger charge is 2.00. The molecule has 0 saturated heterocycles. The van der Waals surface area contributed by atoms with Crippen LogP contribution in [0.1, 0.15) is 25.3 Å². The molecule has 2 N–H and O–H groups in total. The van der Waals surface area contributed by atoms with Crippen molar-refractivity contribution in [1.29, 1.82) is 0 Å². The molecule has 72 valence electrons. The van der Waals surface area contributed by atoms with Gasteiger partial charge in [-0.05, 0) is 36.8 Å². The van der Waals surface area contributed by atoms with Gasteiger partial charge in [0.2, 0.25) is 0 Å². The predicted molar refractivity (Wildman–Crippen MR) is 61.2 cm³/mol. The van der Waals surface area contributed by atoms with Crippen molar-refractivity contribution >= 4 is 17.4 Å². The first-order valence-corrected chi connectivity index (χ1v) is 5.72. The third kappa shape index (κ3) is 2.96. The lowest BCUT2D eigenvalue weighted by Crippen LogP contribution is -1.91. The first-order chi connectivity index (χ1) is 6.25. The van der Waals surface area contributed by atoms with Crippen LogP contribution in [0, 0.1) is 6.92 Å². The van der Waals surface area contributed by atoms with E-state index >= 15 is 0 Å². The van der Waals surface area contributed by atoms with Crippen molar-refractivity contribution in [3.63, 3.8) is 0 Å². The van der Waals surface area contributed by atoms with Crippen LogP contribution in [0.15, 0.2) is 23.1 Å². The summed E-state index contributed by atoms with van der Waals surface area (Å²) in [5.41, 5.74) is 7.94. The maximum atomic E-state index is 5.81. The Bertz CT molecular complexity index is 271. The molecule has 0 aliphatic carbocycles. The molecule has 0 aliphatic rings. The van der Waals surface area contributed by atoms with E-state index < -0.39 is 0 Å². The highest BCUT2D eigenvalue weighted by atomic mass is 32.2. The topological polar surface area (TPSA) is 26.0 Å². The minimum absolute atomic E-state index is 0.904. The van der Waals surface area contributed by atoms with Crippen LogP contribution in [0.5, 0.6) is 0 Å². The molecule has 0 atom stereocenters. The number of rotatable bonds is 4. The van der Waals surface area contributed by atoms with Crippen molar-refractivity contribution in [1.82, 2.24) is 0 Å². The van der Waals surface area contributed by atoms with Crippen LogP contribution in [0.25, 0.3) is 0 Å². The van der Waals surface area contributed by atoms with Gasteiger partial charge < -0.3 is 5.73 Å². The number of benzene rings is 1. The molecule has 13 heavy (non-hydrogen) atoms. The highest BCUT2D eigenvalue weighted by Crippen LogP contribution is 2.26. The molecule has 1 rings (SSSR count). The molecule has 0 spiro atoms. The summed E-state index contributed by atoms with van der Waals surface area (Å²) in [6.07, 6.45) is 2.53. The zero-order chi connectivity index (χ0) is 9.68. The fraction of sp³-hybridized carbons (Fsp3) is 0.455. The normalized spacial score (nSPS) is 10.3. The number of hydrogen-bond acceptors (Lipinski definition) is 2. The van der Waals surface area contributed by atoms with Crippen LogP contribution in [-0.4, -0.2) is 5.75 Å². The van der Waals surface area contributed by atoms with Crippen molar-refractivity contribution in [2.45, 2.75) is 31.6 Å². The Morgan fingerprint density at radius 3 is 2.85 bits per heavy atom. The Morgan fingerprint density at radius 1 is 1.38 bits per heavy atom. The van der Waals surface area contributed by atoms with E-state index in [1.165, 1.54) is 29.1 Å². The van der Waals surface area contributed by atoms with Gasteiger partial charge in [-0.3, -0.25) is 0 Å². The van der Waals surface area contributed by atoms with Crippen LogP contribution < -0.4 is 5.73 Å². The van der Waals surface area contributed by atoms with Gasteiger partial charge in [0.25, 0.3) is 0 Å². The van der Waals surface area contributed by atoms with Gasteiger partial charge in [-0.15, -0.1) is 11.8 Å². The van der Waals surface area contributed by atoms with E-state index in [-0.39, 0.29) is 0 Å². The second-order valence-electron chi connectivity index (χ2n) is 3.17. The monoisotopic (exact) mass is 195 g/mol. The van der Waals surface area contributed by atoms with E-state index in [1.807, 2.05) is 23.9 Å². The third-order valence-electron chi connectivity index (χ3n) is 2.08. The summed E-state index contributed by atoms with van der Waals surface area (Å²) in [4.78, 5) is 1.33. The fourth-order valence-electron chi connectivity index (χ4n) is 1.11. The van der Waals surface area contributed by atoms with Gasteiger partial charge in [0.15, 0.2) is 0 Å². The molecule has 1 nitrogen and oxygen atoms in total. The van der Waals surface area contributed by atoms with Crippen LogP contribution in [0.3, 0.4) is 0 Å². The molecule has 2 heteroatoms.